The molecule has 1 spiro atoms. The monoisotopic (exact) mass is 605 g/mol. The van der Waals surface area contributed by atoms with E-state index in [-0.39, 0.29) is 0 Å². The summed E-state index contributed by atoms with van der Waals surface area (Å²) in [6.45, 7) is 0. The van der Waals surface area contributed by atoms with Crippen molar-refractivity contribution in [3.63, 3.8) is 0 Å². The minimum atomic E-state index is -0.390. The maximum atomic E-state index is 6.46. The molecule has 10 rings (SSSR count). The minimum Gasteiger partial charge on any atom is -0.456 e. The first kappa shape index (κ1) is 25.8. The molecule has 3 heteroatoms. The fourth-order valence-electron chi connectivity index (χ4n) is 7.89. The zero-order valence-corrected chi connectivity index (χ0v) is 25.6. The summed E-state index contributed by atoms with van der Waals surface area (Å²) in [4.78, 5) is 2.54. The van der Waals surface area contributed by atoms with Crippen LogP contribution in [-0.2, 0) is 5.41 Å². The fourth-order valence-corrected chi connectivity index (χ4v) is 9.15. The maximum Gasteiger partial charge on any atom is 0.137 e. The van der Waals surface area contributed by atoms with E-state index in [0.29, 0.717) is 0 Å². The lowest BCUT2D eigenvalue weighted by molar-refractivity contribution is 0.669. The predicted octanol–water partition coefficient (Wildman–Crippen LogP) is 11.8. The second-order valence-corrected chi connectivity index (χ2v) is 13.2. The Morgan fingerprint density at radius 2 is 1.15 bits per heavy atom. The fraction of sp³-hybridized carbons (Fsp3) is 0.0233. The quantitative estimate of drug-likeness (QED) is 0.217. The zero-order valence-electron chi connectivity index (χ0n) is 24.8. The van der Waals surface area contributed by atoms with E-state index in [0.717, 1.165) is 33.3 Å². The van der Waals surface area contributed by atoms with Gasteiger partial charge in [-0.1, -0.05) is 133 Å². The average molecular weight is 606 g/mol. The summed E-state index contributed by atoms with van der Waals surface area (Å²) in [5.74, 6) is 0. The predicted molar refractivity (Wildman–Crippen MR) is 190 cm³/mol. The lowest BCUT2D eigenvalue weighted by atomic mass is 9.67. The molecular formula is C43H27NOS. The zero-order chi connectivity index (χ0) is 30.2. The lowest BCUT2D eigenvalue weighted by Crippen LogP contribution is -2.32. The van der Waals surface area contributed by atoms with Gasteiger partial charge in [0.1, 0.15) is 11.2 Å². The Hall–Kier alpha value is -5.51. The molecule has 1 aromatic heterocycles. The Balaban J connectivity index is 1.14. The van der Waals surface area contributed by atoms with Crippen molar-refractivity contribution in [2.45, 2.75) is 15.2 Å². The Kier molecular flexibility index (Phi) is 5.46. The molecule has 7 aromatic carbocycles. The molecule has 1 N–H and O–H groups in total. The number of furan rings is 1. The van der Waals surface area contributed by atoms with E-state index in [9.17, 15) is 0 Å². The smallest absolute Gasteiger partial charge is 0.137 e. The maximum absolute atomic E-state index is 6.46. The normalized spacial score (nSPS) is 13.7. The molecule has 2 nitrogen and oxygen atoms in total. The first-order chi connectivity index (χ1) is 22.8. The molecule has 2 heterocycles. The third-order valence-electron chi connectivity index (χ3n) is 9.74. The Morgan fingerprint density at radius 3 is 1.96 bits per heavy atom. The van der Waals surface area contributed by atoms with E-state index in [1.165, 1.54) is 54.3 Å². The van der Waals surface area contributed by atoms with Gasteiger partial charge in [-0.2, -0.15) is 0 Å². The van der Waals surface area contributed by atoms with Gasteiger partial charge in [0, 0.05) is 32.3 Å². The van der Waals surface area contributed by atoms with E-state index in [2.05, 4.69) is 163 Å². The highest BCUT2D eigenvalue weighted by Gasteiger charge is 2.50. The van der Waals surface area contributed by atoms with Gasteiger partial charge in [-0.25, -0.2) is 0 Å². The highest BCUT2D eigenvalue weighted by molar-refractivity contribution is 7.99. The molecule has 0 atom stereocenters. The molecular weight excluding hydrogens is 579 g/mol. The largest absolute Gasteiger partial charge is 0.456 e. The van der Waals surface area contributed by atoms with Crippen molar-refractivity contribution >= 4 is 45.1 Å². The van der Waals surface area contributed by atoms with E-state index < -0.39 is 5.41 Å². The molecule has 1 aliphatic carbocycles. The van der Waals surface area contributed by atoms with Crippen molar-refractivity contribution in [3.05, 3.63) is 180 Å². The van der Waals surface area contributed by atoms with Crippen LogP contribution in [0.3, 0.4) is 0 Å². The van der Waals surface area contributed by atoms with Crippen LogP contribution in [0, 0.1) is 0 Å². The highest BCUT2D eigenvalue weighted by Crippen LogP contribution is 2.63. The number of nitrogens with one attached hydrogen (secondary N) is 1. The van der Waals surface area contributed by atoms with Gasteiger partial charge < -0.3 is 9.73 Å². The molecule has 0 radical (unpaired) electrons. The SMILES string of the molecule is c1ccc(-c2cccc3oc4cc(Nc5cccc6c5Sc5ccccc5C65c6ccccc6-c6ccccc65)ccc4c23)cc1. The van der Waals surface area contributed by atoms with Gasteiger partial charge in [-0.15, -0.1) is 0 Å². The molecule has 2 aliphatic rings. The number of anilines is 2. The van der Waals surface area contributed by atoms with Crippen LogP contribution in [0.5, 0.6) is 0 Å². The van der Waals surface area contributed by atoms with Gasteiger partial charge in [0.25, 0.3) is 0 Å². The van der Waals surface area contributed by atoms with Crippen molar-refractivity contribution in [1.29, 1.82) is 0 Å². The average Bonchev–Trinajstić information content (AvgIpc) is 3.63. The Bertz CT molecular complexity index is 2450. The van der Waals surface area contributed by atoms with Gasteiger partial charge >= 0.3 is 0 Å². The van der Waals surface area contributed by atoms with E-state index in [1.54, 1.807) is 0 Å². The molecule has 46 heavy (non-hydrogen) atoms. The first-order valence-electron chi connectivity index (χ1n) is 15.7. The summed E-state index contributed by atoms with van der Waals surface area (Å²) in [6.07, 6.45) is 0. The van der Waals surface area contributed by atoms with Crippen LogP contribution >= 0.6 is 11.8 Å². The topological polar surface area (TPSA) is 25.2 Å². The van der Waals surface area contributed by atoms with E-state index in [1.807, 2.05) is 11.8 Å². The second kappa shape index (κ2) is 9.74. The van der Waals surface area contributed by atoms with Gasteiger partial charge in [-0.05, 0) is 74.8 Å². The van der Waals surface area contributed by atoms with Crippen molar-refractivity contribution in [2.75, 3.05) is 5.32 Å². The highest BCUT2D eigenvalue weighted by atomic mass is 32.2. The minimum absolute atomic E-state index is 0.390. The first-order valence-corrected chi connectivity index (χ1v) is 16.5. The van der Waals surface area contributed by atoms with Crippen molar-refractivity contribution in [1.82, 2.24) is 0 Å². The van der Waals surface area contributed by atoms with Crippen LogP contribution in [-0.4, -0.2) is 0 Å². The standard InChI is InChI=1S/C43H27NOS/c1-2-12-27(13-3-1)29-16-10-22-38-41(29)32-25-24-28(26-39(32)45-38)44-37-21-11-20-36-42(37)46-40-23-9-8-19-35(40)43(36)33-17-6-4-14-30(33)31-15-5-7-18-34(31)43/h1-26,44H. The summed E-state index contributed by atoms with van der Waals surface area (Å²) in [5.41, 5.74) is 13.8. The number of hydrogen-bond acceptors (Lipinski definition) is 3. The summed E-state index contributed by atoms with van der Waals surface area (Å²) < 4.78 is 6.46. The van der Waals surface area contributed by atoms with Crippen molar-refractivity contribution in [3.8, 4) is 22.3 Å². The van der Waals surface area contributed by atoms with Gasteiger partial charge in [0.15, 0.2) is 0 Å². The van der Waals surface area contributed by atoms with Crippen molar-refractivity contribution < 1.29 is 4.42 Å². The Morgan fingerprint density at radius 1 is 0.500 bits per heavy atom. The van der Waals surface area contributed by atoms with Gasteiger partial charge in [0.05, 0.1) is 11.1 Å². The third kappa shape index (κ3) is 3.49. The number of hydrogen-bond donors (Lipinski definition) is 1. The van der Waals surface area contributed by atoms with Crippen LogP contribution in [0.4, 0.5) is 11.4 Å². The van der Waals surface area contributed by atoms with Gasteiger partial charge in [0.2, 0.25) is 0 Å². The van der Waals surface area contributed by atoms with Crippen molar-refractivity contribution in [2.24, 2.45) is 0 Å². The number of rotatable bonds is 3. The molecule has 0 saturated carbocycles. The van der Waals surface area contributed by atoms with E-state index >= 15 is 0 Å². The van der Waals surface area contributed by atoms with Crippen LogP contribution < -0.4 is 5.32 Å². The molecule has 216 valence electrons. The van der Waals surface area contributed by atoms with Crippen LogP contribution in [0.15, 0.2) is 172 Å². The molecule has 0 fully saturated rings. The van der Waals surface area contributed by atoms with Gasteiger partial charge in [-0.3, -0.25) is 0 Å². The summed E-state index contributed by atoms with van der Waals surface area (Å²) in [5, 5.41) is 6.09. The third-order valence-corrected chi connectivity index (χ3v) is 11.0. The summed E-state index contributed by atoms with van der Waals surface area (Å²) in [6, 6.07) is 56.9. The molecule has 0 unspecified atom stereocenters. The number of benzene rings is 7. The molecule has 0 amide bonds. The summed E-state index contributed by atoms with van der Waals surface area (Å²) in [7, 11) is 0. The van der Waals surface area contributed by atoms with E-state index in [4.69, 9.17) is 4.42 Å². The van der Waals surface area contributed by atoms with Crippen LogP contribution in [0.1, 0.15) is 22.3 Å². The Labute approximate surface area is 271 Å². The molecule has 0 saturated heterocycles. The molecule has 0 bridgehead atoms. The van der Waals surface area contributed by atoms with Crippen LogP contribution in [0.2, 0.25) is 0 Å². The molecule has 1 aliphatic heterocycles. The summed E-state index contributed by atoms with van der Waals surface area (Å²) >= 11 is 1.86. The molecule has 8 aromatic rings. The second-order valence-electron chi connectivity index (χ2n) is 12.1. The lowest BCUT2D eigenvalue weighted by Gasteiger charge is -2.40. The van der Waals surface area contributed by atoms with Crippen LogP contribution in [0.25, 0.3) is 44.2 Å². The number of fused-ring (bicyclic) bond motifs is 12.